The third-order valence-electron chi connectivity index (χ3n) is 5.13. The summed E-state index contributed by atoms with van der Waals surface area (Å²) < 4.78 is 8.73. The molecular formula is C22H26N6O2. The first kappa shape index (κ1) is 20.0. The molecule has 8 heteroatoms. The van der Waals surface area contributed by atoms with Crippen molar-refractivity contribution in [2.24, 2.45) is 0 Å². The first-order valence-electron chi connectivity index (χ1n) is 10.1. The molecule has 0 saturated carbocycles. The summed E-state index contributed by atoms with van der Waals surface area (Å²) in [4.78, 5) is 24.7. The van der Waals surface area contributed by atoms with Crippen molar-refractivity contribution in [3.63, 3.8) is 0 Å². The second-order valence-corrected chi connectivity index (χ2v) is 7.51. The van der Waals surface area contributed by atoms with E-state index in [1.165, 1.54) is 0 Å². The van der Waals surface area contributed by atoms with E-state index < -0.39 is 0 Å². The number of nitrogens with zero attached hydrogens (tertiary/aromatic N) is 6. The lowest BCUT2D eigenvalue weighted by Crippen LogP contribution is -2.23. The highest BCUT2D eigenvalue weighted by Gasteiger charge is 2.18. The number of fused-ring (bicyclic) bond motifs is 2. The van der Waals surface area contributed by atoms with Gasteiger partial charge in [-0.3, -0.25) is 4.79 Å². The Labute approximate surface area is 174 Å². The van der Waals surface area contributed by atoms with Crippen LogP contribution in [0.2, 0.25) is 0 Å². The number of ether oxygens (including phenoxy) is 1. The van der Waals surface area contributed by atoms with Gasteiger partial charge >= 0.3 is 0 Å². The molecular weight excluding hydrogens is 380 g/mol. The molecule has 30 heavy (non-hydrogen) atoms. The zero-order valence-corrected chi connectivity index (χ0v) is 17.8. The van der Waals surface area contributed by atoms with Gasteiger partial charge in [-0.1, -0.05) is 6.92 Å². The monoisotopic (exact) mass is 406 g/mol. The van der Waals surface area contributed by atoms with Crippen LogP contribution < -0.4 is 10.3 Å². The lowest BCUT2D eigenvalue weighted by molar-refractivity contribution is 0.385. The summed E-state index contributed by atoms with van der Waals surface area (Å²) in [5.41, 5.74) is 2.12. The minimum Gasteiger partial charge on any atom is -0.497 e. The number of hydrogen-bond donors (Lipinski definition) is 0. The molecule has 4 rings (SSSR count). The quantitative estimate of drug-likeness (QED) is 0.470. The van der Waals surface area contributed by atoms with Crippen molar-refractivity contribution in [1.29, 1.82) is 0 Å². The fourth-order valence-corrected chi connectivity index (χ4v) is 3.56. The molecule has 0 aliphatic rings. The Bertz CT molecular complexity index is 1240. The fraction of sp³-hybridized carbons (Fsp3) is 0.364. The van der Waals surface area contributed by atoms with E-state index in [9.17, 15) is 4.79 Å². The molecule has 0 radical (unpaired) electrons. The number of hydrogen-bond acceptors (Lipinski definition) is 6. The third kappa shape index (κ3) is 3.66. The van der Waals surface area contributed by atoms with Crippen LogP contribution in [0.3, 0.4) is 0 Å². The van der Waals surface area contributed by atoms with E-state index in [1.54, 1.807) is 16.2 Å². The molecule has 8 nitrogen and oxygen atoms in total. The first-order valence-corrected chi connectivity index (χ1v) is 10.1. The van der Waals surface area contributed by atoms with Crippen molar-refractivity contribution >= 4 is 16.7 Å². The van der Waals surface area contributed by atoms with Gasteiger partial charge in [0.25, 0.3) is 11.3 Å². The number of pyridine rings is 1. The Morgan fingerprint density at radius 2 is 1.87 bits per heavy atom. The zero-order chi connectivity index (χ0) is 21.3. The van der Waals surface area contributed by atoms with Gasteiger partial charge in [-0.2, -0.15) is 9.50 Å². The highest BCUT2D eigenvalue weighted by atomic mass is 16.5. The molecule has 3 aromatic heterocycles. The smallest absolute Gasteiger partial charge is 0.262 e. The highest BCUT2D eigenvalue weighted by Crippen LogP contribution is 2.28. The van der Waals surface area contributed by atoms with E-state index in [2.05, 4.69) is 20.0 Å². The van der Waals surface area contributed by atoms with E-state index >= 15 is 0 Å². The lowest BCUT2D eigenvalue weighted by atomic mass is 10.1. The number of aryl methyl sites for hydroxylation is 2. The molecule has 0 fully saturated rings. The summed E-state index contributed by atoms with van der Waals surface area (Å²) in [6, 6.07) is 9.51. The molecule has 0 aliphatic carbocycles. The van der Waals surface area contributed by atoms with E-state index in [1.807, 2.05) is 57.5 Å². The second kappa shape index (κ2) is 8.23. The van der Waals surface area contributed by atoms with Gasteiger partial charge in [-0.05, 0) is 57.4 Å². The lowest BCUT2D eigenvalue weighted by Gasteiger charge is -2.13. The Morgan fingerprint density at radius 3 is 2.53 bits per heavy atom. The molecule has 0 amide bonds. The summed E-state index contributed by atoms with van der Waals surface area (Å²) in [6.45, 7) is 3.56. The molecule has 0 spiro atoms. The van der Waals surface area contributed by atoms with Crippen LogP contribution in [0.15, 0.2) is 41.3 Å². The largest absolute Gasteiger partial charge is 0.497 e. The van der Waals surface area contributed by atoms with Gasteiger partial charge in [-0.15, -0.1) is 5.10 Å². The molecule has 3 heterocycles. The minimum atomic E-state index is -0.0694. The predicted molar refractivity (Wildman–Crippen MR) is 117 cm³/mol. The van der Waals surface area contributed by atoms with Crippen LogP contribution >= 0.6 is 0 Å². The number of benzene rings is 1. The van der Waals surface area contributed by atoms with E-state index in [4.69, 9.17) is 4.74 Å². The number of aromatic nitrogens is 5. The molecule has 4 aromatic rings. The first-order chi connectivity index (χ1) is 14.5. The van der Waals surface area contributed by atoms with Gasteiger partial charge in [0.2, 0.25) is 0 Å². The van der Waals surface area contributed by atoms with Crippen LogP contribution in [0.5, 0.6) is 5.75 Å². The van der Waals surface area contributed by atoms with Gasteiger partial charge in [-0.25, -0.2) is 4.98 Å². The highest BCUT2D eigenvalue weighted by molar-refractivity contribution is 5.93. The Kier molecular flexibility index (Phi) is 5.50. The van der Waals surface area contributed by atoms with Crippen LogP contribution in [0.1, 0.15) is 19.2 Å². The van der Waals surface area contributed by atoms with E-state index in [-0.39, 0.29) is 5.56 Å². The Balaban J connectivity index is 1.96. The normalized spacial score (nSPS) is 11.6. The van der Waals surface area contributed by atoms with Gasteiger partial charge in [0, 0.05) is 24.7 Å². The molecule has 0 saturated heterocycles. The maximum Gasteiger partial charge on any atom is 0.262 e. The molecule has 0 unspecified atom stereocenters. The van der Waals surface area contributed by atoms with Crippen molar-refractivity contribution in [3.05, 3.63) is 52.7 Å². The third-order valence-corrected chi connectivity index (χ3v) is 5.13. The van der Waals surface area contributed by atoms with Gasteiger partial charge in [0.15, 0.2) is 5.82 Å². The standard InChI is InChI=1S/C22H26N6O2/c1-5-18-24-22-23-17-11-14-27(13-6-12-26(2)3)21(29)19(17)20(28(22)25-18)15-7-9-16(30-4)10-8-15/h7-11,14H,5-6,12-13H2,1-4H3. The number of methoxy groups -OCH3 is 1. The van der Waals surface area contributed by atoms with Crippen molar-refractivity contribution in [2.45, 2.75) is 26.3 Å². The molecule has 1 aromatic carbocycles. The summed E-state index contributed by atoms with van der Waals surface area (Å²) in [5, 5.41) is 5.16. The second-order valence-electron chi connectivity index (χ2n) is 7.51. The number of rotatable bonds is 7. The summed E-state index contributed by atoms with van der Waals surface area (Å²) in [7, 11) is 5.69. The summed E-state index contributed by atoms with van der Waals surface area (Å²) in [6.07, 6.45) is 3.39. The summed E-state index contributed by atoms with van der Waals surface area (Å²) >= 11 is 0. The van der Waals surface area contributed by atoms with Crippen LogP contribution in [0.4, 0.5) is 0 Å². The fourth-order valence-electron chi connectivity index (χ4n) is 3.56. The van der Waals surface area contributed by atoms with E-state index in [0.29, 0.717) is 41.2 Å². The molecule has 0 aliphatic heterocycles. The van der Waals surface area contributed by atoms with Crippen LogP contribution in [0.25, 0.3) is 27.9 Å². The maximum atomic E-state index is 13.5. The minimum absolute atomic E-state index is 0.0694. The SMILES string of the molecule is CCc1nc2nc3ccn(CCCN(C)C)c(=O)c3c(-c3ccc(OC)cc3)n2n1. The molecule has 0 N–H and O–H groups in total. The van der Waals surface area contributed by atoms with Gasteiger partial charge in [0.1, 0.15) is 5.75 Å². The Morgan fingerprint density at radius 1 is 1.10 bits per heavy atom. The van der Waals surface area contributed by atoms with Gasteiger partial charge in [0.05, 0.1) is 23.7 Å². The average Bonchev–Trinajstić information content (AvgIpc) is 3.16. The van der Waals surface area contributed by atoms with Crippen LogP contribution in [-0.4, -0.2) is 56.8 Å². The zero-order valence-electron chi connectivity index (χ0n) is 17.8. The molecule has 0 atom stereocenters. The molecule has 156 valence electrons. The van der Waals surface area contributed by atoms with Crippen LogP contribution in [-0.2, 0) is 13.0 Å². The Hall–Kier alpha value is -3.26. The van der Waals surface area contributed by atoms with Crippen molar-refractivity contribution in [2.75, 3.05) is 27.7 Å². The summed E-state index contributed by atoms with van der Waals surface area (Å²) in [5.74, 6) is 1.94. The van der Waals surface area contributed by atoms with Crippen molar-refractivity contribution in [1.82, 2.24) is 29.0 Å². The van der Waals surface area contributed by atoms with E-state index in [0.717, 1.165) is 24.3 Å². The van der Waals surface area contributed by atoms with Crippen molar-refractivity contribution in [3.8, 4) is 17.0 Å². The molecule has 0 bridgehead atoms. The van der Waals surface area contributed by atoms with Gasteiger partial charge < -0.3 is 14.2 Å². The maximum absolute atomic E-state index is 13.5. The van der Waals surface area contributed by atoms with Crippen molar-refractivity contribution < 1.29 is 4.74 Å². The topological polar surface area (TPSA) is 77.5 Å². The van der Waals surface area contributed by atoms with Crippen LogP contribution in [0, 0.1) is 0 Å². The predicted octanol–water partition coefficient (Wildman–Crippen LogP) is 2.63. The average molecular weight is 406 g/mol.